The molecule has 0 aromatic heterocycles. The number of aliphatic hydroxyl groups excluding tert-OH is 1. The topological polar surface area (TPSA) is 196 Å². The molecule has 244 valence electrons. The van der Waals surface area contributed by atoms with E-state index in [4.69, 9.17) is 15.9 Å². The number of aliphatic carboxylic acids is 2. The maximum Gasteiger partial charge on any atom is 0.320 e. The second-order valence-electron chi connectivity index (χ2n) is 10.4. The van der Waals surface area contributed by atoms with Crippen LogP contribution in [0.15, 0.2) is 36.5 Å². The molecule has 11 nitrogen and oxygen atoms in total. The molecule has 12 heteroatoms. The van der Waals surface area contributed by atoms with E-state index in [1.165, 1.54) is 50.8 Å². The molecule has 0 aromatic carbocycles. The first-order chi connectivity index (χ1) is 20.5. The minimum atomic E-state index is -1.24. The number of allylic oxidation sites excluding steroid dienone is 5. The second-order valence-corrected chi connectivity index (χ2v) is 11.6. The third-order valence-electron chi connectivity index (χ3n) is 6.38. The fraction of sp³-hybridized carbons (Fsp3) is 0.645. The molecule has 2 amide bonds. The second kappa shape index (κ2) is 25.5. The maximum absolute atomic E-state index is 12.8. The third-order valence-corrected chi connectivity index (χ3v) is 7.76. The molecular formula is C31H51N3O8S. The fourth-order valence-electron chi connectivity index (χ4n) is 3.84. The molecule has 0 aliphatic rings. The van der Waals surface area contributed by atoms with Crippen molar-refractivity contribution < 1.29 is 39.3 Å². The lowest BCUT2D eigenvalue weighted by molar-refractivity contribution is -0.139. The average Bonchev–Trinajstić information content (AvgIpc) is 2.95. The Labute approximate surface area is 259 Å². The Hall–Kier alpha value is -2.96. The van der Waals surface area contributed by atoms with Crippen LogP contribution in [0.2, 0.25) is 0 Å². The largest absolute Gasteiger partial charge is 0.481 e. The summed E-state index contributed by atoms with van der Waals surface area (Å²) in [6.07, 6.45) is 18.9. The molecule has 0 aliphatic heterocycles. The average molecular weight is 626 g/mol. The number of carboxylic acid groups (broad SMARTS) is 2. The SMILES string of the molecule is CCCCCCCC/C=C/C=C/C=C\[C@@H](SC[C@H](NC(=O)CC[C@H](N)C(=O)O)C(=O)NCC(C)=O)[C@@H](O)CCCC(=O)O. The van der Waals surface area contributed by atoms with Crippen molar-refractivity contribution in [1.82, 2.24) is 10.6 Å². The zero-order valence-electron chi connectivity index (χ0n) is 25.5. The van der Waals surface area contributed by atoms with E-state index in [1.54, 1.807) is 12.2 Å². The van der Waals surface area contributed by atoms with Crippen LogP contribution < -0.4 is 16.4 Å². The lowest BCUT2D eigenvalue weighted by Crippen LogP contribution is -2.49. The number of carbonyl (C=O) groups excluding carboxylic acids is 3. The highest BCUT2D eigenvalue weighted by atomic mass is 32.2. The Morgan fingerprint density at radius 1 is 0.884 bits per heavy atom. The van der Waals surface area contributed by atoms with E-state index >= 15 is 0 Å². The molecule has 0 aliphatic carbocycles. The molecular weight excluding hydrogens is 574 g/mol. The molecule has 0 spiro atoms. The zero-order valence-corrected chi connectivity index (χ0v) is 26.4. The number of thioether (sulfide) groups is 1. The van der Waals surface area contributed by atoms with Crippen LogP contribution in [-0.2, 0) is 24.0 Å². The number of nitrogens with one attached hydrogen (secondary N) is 2. The van der Waals surface area contributed by atoms with E-state index in [9.17, 15) is 29.1 Å². The van der Waals surface area contributed by atoms with Crippen LogP contribution in [0, 0.1) is 0 Å². The molecule has 0 fully saturated rings. The van der Waals surface area contributed by atoms with Gasteiger partial charge in [0.25, 0.3) is 0 Å². The van der Waals surface area contributed by atoms with E-state index in [1.807, 2.05) is 18.2 Å². The van der Waals surface area contributed by atoms with E-state index < -0.39 is 47.2 Å². The molecule has 0 saturated carbocycles. The number of ketones is 1. The first-order valence-electron chi connectivity index (χ1n) is 15.0. The maximum atomic E-state index is 12.8. The van der Waals surface area contributed by atoms with Gasteiger partial charge in [0.15, 0.2) is 0 Å². The zero-order chi connectivity index (χ0) is 32.5. The molecule has 0 unspecified atom stereocenters. The van der Waals surface area contributed by atoms with Crippen LogP contribution in [0.25, 0.3) is 0 Å². The molecule has 0 aromatic rings. The number of carboxylic acids is 2. The summed E-state index contributed by atoms with van der Waals surface area (Å²) in [6, 6.07) is -2.29. The fourth-order valence-corrected chi connectivity index (χ4v) is 5.05. The Morgan fingerprint density at radius 2 is 1.56 bits per heavy atom. The number of hydrogen-bond donors (Lipinski definition) is 6. The van der Waals surface area contributed by atoms with Gasteiger partial charge in [0, 0.05) is 23.8 Å². The molecule has 0 rings (SSSR count). The van der Waals surface area contributed by atoms with Gasteiger partial charge in [0.05, 0.1) is 12.6 Å². The van der Waals surface area contributed by atoms with E-state index in [-0.39, 0.29) is 50.2 Å². The number of nitrogens with two attached hydrogens (primary N) is 1. The van der Waals surface area contributed by atoms with E-state index in [0.717, 1.165) is 12.8 Å². The molecule has 0 heterocycles. The third kappa shape index (κ3) is 23.2. The van der Waals surface area contributed by atoms with Gasteiger partial charge in [-0.05, 0) is 39.0 Å². The van der Waals surface area contributed by atoms with Crippen LogP contribution in [0.3, 0.4) is 0 Å². The lowest BCUT2D eigenvalue weighted by atomic mass is 10.1. The minimum Gasteiger partial charge on any atom is -0.481 e. The standard InChI is InChI=1S/C31H51N3O8S/c1-3-4-5-6-7-8-9-10-11-12-13-14-17-27(26(36)16-15-18-29(38)39)43-22-25(30(40)33-21-23(2)35)34-28(37)20-19-24(32)31(41)42/h10-14,17,24-27,36H,3-9,15-16,18-22,32H2,1-2H3,(H,33,40)(H,34,37)(H,38,39)(H,41,42)/b11-10+,13-12+,17-14-/t24-,25-,26-,27+/m0/s1. The van der Waals surface area contributed by atoms with Crippen molar-refractivity contribution in [3.8, 4) is 0 Å². The van der Waals surface area contributed by atoms with Gasteiger partial charge in [-0.15, -0.1) is 11.8 Å². The predicted molar refractivity (Wildman–Crippen MR) is 170 cm³/mol. The molecule has 4 atom stereocenters. The summed E-state index contributed by atoms with van der Waals surface area (Å²) in [4.78, 5) is 58.4. The highest BCUT2D eigenvalue weighted by Crippen LogP contribution is 2.22. The van der Waals surface area contributed by atoms with Crippen molar-refractivity contribution in [2.45, 2.75) is 114 Å². The van der Waals surface area contributed by atoms with Crippen LogP contribution >= 0.6 is 11.8 Å². The summed E-state index contributed by atoms with van der Waals surface area (Å²) in [5.74, 6) is -3.63. The highest BCUT2D eigenvalue weighted by molar-refractivity contribution is 8.00. The van der Waals surface area contributed by atoms with Crippen molar-refractivity contribution in [2.24, 2.45) is 5.73 Å². The quantitative estimate of drug-likeness (QED) is 0.0611. The van der Waals surface area contributed by atoms with E-state index in [2.05, 4.69) is 23.6 Å². The van der Waals surface area contributed by atoms with Gasteiger partial charge >= 0.3 is 11.9 Å². The number of rotatable bonds is 26. The number of Topliss-reactive ketones (excluding diaryl/α,β-unsaturated/α-hetero) is 1. The van der Waals surface area contributed by atoms with Crippen LogP contribution in [-0.4, -0.2) is 80.6 Å². The number of carbonyl (C=O) groups is 5. The van der Waals surface area contributed by atoms with E-state index in [0.29, 0.717) is 0 Å². The summed E-state index contributed by atoms with van der Waals surface area (Å²) in [6.45, 7) is 3.28. The van der Waals surface area contributed by atoms with Gasteiger partial charge < -0.3 is 31.7 Å². The monoisotopic (exact) mass is 625 g/mol. The predicted octanol–water partition coefficient (Wildman–Crippen LogP) is 3.51. The molecule has 0 saturated heterocycles. The van der Waals surface area contributed by atoms with Crippen molar-refractivity contribution in [1.29, 1.82) is 0 Å². The Morgan fingerprint density at radius 3 is 2.21 bits per heavy atom. The summed E-state index contributed by atoms with van der Waals surface area (Å²) < 4.78 is 0. The van der Waals surface area contributed by atoms with Crippen molar-refractivity contribution in [2.75, 3.05) is 12.3 Å². The minimum absolute atomic E-state index is 0.0351. The first kappa shape index (κ1) is 40.0. The van der Waals surface area contributed by atoms with Gasteiger partial charge in [-0.2, -0.15) is 0 Å². The highest BCUT2D eigenvalue weighted by Gasteiger charge is 2.25. The molecule has 7 N–H and O–H groups in total. The Kier molecular flexibility index (Phi) is 23.8. The molecule has 43 heavy (non-hydrogen) atoms. The molecule has 0 bridgehead atoms. The number of hydrogen-bond acceptors (Lipinski definition) is 8. The van der Waals surface area contributed by atoms with Crippen molar-refractivity contribution in [3.63, 3.8) is 0 Å². The van der Waals surface area contributed by atoms with Gasteiger partial charge in [-0.25, -0.2) is 0 Å². The van der Waals surface area contributed by atoms with Gasteiger partial charge in [-0.1, -0.05) is 75.5 Å². The van der Waals surface area contributed by atoms with Gasteiger partial charge in [0.2, 0.25) is 11.8 Å². The lowest BCUT2D eigenvalue weighted by Gasteiger charge is -2.23. The Bertz CT molecular complexity index is 938. The van der Waals surface area contributed by atoms with Crippen molar-refractivity contribution in [3.05, 3.63) is 36.5 Å². The van der Waals surface area contributed by atoms with Crippen LogP contribution in [0.4, 0.5) is 0 Å². The summed E-state index contributed by atoms with van der Waals surface area (Å²) >= 11 is 1.20. The Balaban J connectivity index is 5.31. The summed E-state index contributed by atoms with van der Waals surface area (Å²) in [5, 5.41) is 33.2. The molecule has 0 radical (unpaired) electrons. The first-order valence-corrected chi connectivity index (χ1v) is 16.1. The van der Waals surface area contributed by atoms with Gasteiger partial charge in [0.1, 0.15) is 17.9 Å². The summed E-state index contributed by atoms with van der Waals surface area (Å²) in [5.41, 5.74) is 5.46. The normalized spacial score (nSPS) is 14.5. The number of aliphatic hydroxyl groups is 1. The smallest absolute Gasteiger partial charge is 0.320 e. The van der Waals surface area contributed by atoms with Crippen LogP contribution in [0.1, 0.15) is 90.9 Å². The van der Waals surface area contributed by atoms with Crippen molar-refractivity contribution >= 4 is 41.3 Å². The number of unbranched alkanes of at least 4 members (excludes halogenated alkanes) is 6. The van der Waals surface area contributed by atoms with Crippen LogP contribution in [0.5, 0.6) is 0 Å². The summed E-state index contributed by atoms with van der Waals surface area (Å²) in [7, 11) is 0. The number of amides is 2. The van der Waals surface area contributed by atoms with Gasteiger partial charge in [-0.3, -0.25) is 24.0 Å².